The topological polar surface area (TPSA) is 39.2 Å². The lowest BCUT2D eigenvalue weighted by Crippen LogP contribution is -1.98. The number of hydrogen-bond acceptors (Lipinski definition) is 3. The maximum absolute atomic E-state index is 10.9. The highest BCUT2D eigenvalue weighted by atomic mass is 16.5. The number of Topliss-reactive ketones (excluding diaryl/α,β-unsaturated/α-hetero) is 1. The molecule has 0 aromatic carbocycles. The zero-order valence-corrected chi connectivity index (χ0v) is 7.28. The summed E-state index contributed by atoms with van der Waals surface area (Å²) in [4.78, 5) is 14.8. The van der Waals surface area contributed by atoms with Gasteiger partial charge in [-0.2, -0.15) is 0 Å². The first kappa shape index (κ1) is 9.27. The number of rotatable bonds is 3. The first-order valence-electron chi connectivity index (χ1n) is 3.77. The van der Waals surface area contributed by atoms with Crippen LogP contribution in [0.15, 0.2) is 18.3 Å². The second kappa shape index (κ2) is 4.27. The first-order chi connectivity index (χ1) is 6.24. The van der Waals surface area contributed by atoms with Gasteiger partial charge in [0.05, 0.1) is 0 Å². The SMILES string of the molecule is C#CCOc1cc(C(C)=O)ccn1. The summed E-state index contributed by atoms with van der Waals surface area (Å²) in [6.07, 6.45) is 6.52. The van der Waals surface area contributed by atoms with Crippen LogP contribution in [0.1, 0.15) is 17.3 Å². The zero-order chi connectivity index (χ0) is 9.68. The van der Waals surface area contributed by atoms with Crippen molar-refractivity contribution in [3.63, 3.8) is 0 Å². The highest BCUT2D eigenvalue weighted by Crippen LogP contribution is 2.09. The van der Waals surface area contributed by atoms with Gasteiger partial charge < -0.3 is 4.74 Å². The Labute approximate surface area is 76.8 Å². The lowest BCUT2D eigenvalue weighted by Gasteiger charge is -2.01. The molecule has 66 valence electrons. The molecule has 0 unspecified atom stereocenters. The number of aromatic nitrogens is 1. The summed E-state index contributed by atoms with van der Waals surface area (Å²) >= 11 is 0. The van der Waals surface area contributed by atoms with E-state index in [1.807, 2.05) is 0 Å². The molecule has 0 aliphatic carbocycles. The van der Waals surface area contributed by atoms with Crippen LogP contribution in [0.25, 0.3) is 0 Å². The fourth-order valence-electron chi connectivity index (χ4n) is 0.823. The number of nitrogens with zero attached hydrogens (tertiary/aromatic N) is 1. The fraction of sp³-hybridized carbons (Fsp3) is 0.200. The van der Waals surface area contributed by atoms with Crippen molar-refractivity contribution in [2.75, 3.05) is 6.61 Å². The average Bonchev–Trinajstić information content (AvgIpc) is 2.15. The van der Waals surface area contributed by atoms with Crippen molar-refractivity contribution >= 4 is 5.78 Å². The molecule has 1 aromatic heterocycles. The molecule has 0 amide bonds. The van der Waals surface area contributed by atoms with Crippen molar-refractivity contribution in [2.24, 2.45) is 0 Å². The van der Waals surface area contributed by atoms with E-state index in [-0.39, 0.29) is 12.4 Å². The Hall–Kier alpha value is -1.82. The van der Waals surface area contributed by atoms with Gasteiger partial charge in [-0.15, -0.1) is 6.42 Å². The van der Waals surface area contributed by atoms with Gasteiger partial charge in [0.25, 0.3) is 0 Å². The smallest absolute Gasteiger partial charge is 0.214 e. The molecule has 1 rings (SSSR count). The van der Waals surface area contributed by atoms with E-state index in [1.54, 1.807) is 12.1 Å². The molecule has 0 aliphatic heterocycles. The molecule has 1 aromatic rings. The predicted octanol–water partition coefficient (Wildman–Crippen LogP) is 1.30. The van der Waals surface area contributed by atoms with Crippen LogP contribution in [0.5, 0.6) is 5.88 Å². The second-order valence-electron chi connectivity index (χ2n) is 2.43. The standard InChI is InChI=1S/C10H9NO2/c1-3-6-13-10-7-9(8(2)12)4-5-11-10/h1,4-5,7H,6H2,2H3. The van der Waals surface area contributed by atoms with E-state index in [4.69, 9.17) is 11.2 Å². The minimum atomic E-state index is -0.0204. The molecule has 0 spiro atoms. The van der Waals surface area contributed by atoms with Gasteiger partial charge in [-0.1, -0.05) is 5.92 Å². The molecule has 3 heteroatoms. The molecule has 3 nitrogen and oxygen atoms in total. The molecule has 0 fully saturated rings. The number of hydrogen-bond donors (Lipinski definition) is 0. The number of ketones is 1. The van der Waals surface area contributed by atoms with Crippen LogP contribution in [0.3, 0.4) is 0 Å². The maximum Gasteiger partial charge on any atom is 0.214 e. The predicted molar refractivity (Wildman–Crippen MR) is 48.6 cm³/mol. The van der Waals surface area contributed by atoms with Gasteiger partial charge in [0.1, 0.15) is 0 Å². The Morgan fingerprint density at radius 1 is 1.77 bits per heavy atom. The number of carbonyl (C=O) groups is 1. The van der Waals surface area contributed by atoms with Crippen molar-refractivity contribution < 1.29 is 9.53 Å². The van der Waals surface area contributed by atoms with E-state index in [1.165, 1.54) is 13.1 Å². The molecule has 0 bridgehead atoms. The maximum atomic E-state index is 10.9. The van der Waals surface area contributed by atoms with Gasteiger partial charge in [-0.05, 0) is 13.0 Å². The highest BCUT2D eigenvalue weighted by molar-refractivity contribution is 5.94. The van der Waals surface area contributed by atoms with E-state index < -0.39 is 0 Å². The fourth-order valence-corrected chi connectivity index (χ4v) is 0.823. The van der Waals surface area contributed by atoms with Crippen LogP contribution in [0.2, 0.25) is 0 Å². The molecular weight excluding hydrogens is 166 g/mol. The van der Waals surface area contributed by atoms with E-state index in [2.05, 4.69) is 10.9 Å². The van der Waals surface area contributed by atoms with Gasteiger partial charge in [0.15, 0.2) is 12.4 Å². The number of pyridine rings is 1. The second-order valence-corrected chi connectivity index (χ2v) is 2.43. The Kier molecular flexibility index (Phi) is 3.04. The van der Waals surface area contributed by atoms with Crippen molar-refractivity contribution in [1.29, 1.82) is 0 Å². The van der Waals surface area contributed by atoms with E-state index in [9.17, 15) is 4.79 Å². The van der Waals surface area contributed by atoms with E-state index in [0.29, 0.717) is 11.4 Å². The number of terminal acetylenes is 1. The molecule has 0 atom stereocenters. The molecule has 0 aliphatic rings. The lowest BCUT2D eigenvalue weighted by molar-refractivity contribution is 0.101. The lowest BCUT2D eigenvalue weighted by atomic mass is 10.2. The van der Waals surface area contributed by atoms with Gasteiger partial charge in [0, 0.05) is 17.8 Å². The molecule has 0 N–H and O–H groups in total. The third-order valence-corrected chi connectivity index (χ3v) is 1.44. The Bertz CT molecular complexity index is 352. The summed E-state index contributed by atoms with van der Waals surface area (Å²) in [6, 6.07) is 3.20. The van der Waals surface area contributed by atoms with Crippen LogP contribution in [-0.4, -0.2) is 17.4 Å². The zero-order valence-electron chi connectivity index (χ0n) is 7.28. The summed E-state index contributed by atoms with van der Waals surface area (Å²) in [5, 5.41) is 0. The van der Waals surface area contributed by atoms with Crippen molar-refractivity contribution in [1.82, 2.24) is 4.98 Å². The minimum absolute atomic E-state index is 0.0204. The van der Waals surface area contributed by atoms with Crippen molar-refractivity contribution in [3.8, 4) is 18.2 Å². The monoisotopic (exact) mass is 175 g/mol. The Balaban J connectivity index is 2.80. The third-order valence-electron chi connectivity index (χ3n) is 1.44. The normalized spacial score (nSPS) is 8.92. The van der Waals surface area contributed by atoms with E-state index >= 15 is 0 Å². The molecular formula is C10H9NO2. The highest BCUT2D eigenvalue weighted by Gasteiger charge is 2.01. The average molecular weight is 175 g/mol. The van der Waals surface area contributed by atoms with Crippen molar-refractivity contribution in [3.05, 3.63) is 23.9 Å². The van der Waals surface area contributed by atoms with Gasteiger partial charge in [0.2, 0.25) is 5.88 Å². The Morgan fingerprint density at radius 2 is 2.54 bits per heavy atom. The third kappa shape index (κ3) is 2.60. The summed E-state index contributed by atoms with van der Waals surface area (Å²) in [5.74, 6) is 2.68. The van der Waals surface area contributed by atoms with Crippen molar-refractivity contribution in [2.45, 2.75) is 6.92 Å². The molecule has 0 saturated heterocycles. The molecule has 13 heavy (non-hydrogen) atoms. The summed E-state index contributed by atoms with van der Waals surface area (Å²) < 4.78 is 5.05. The number of carbonyl (C=O) groups excluding carboxylic acids is 1. The van der Waals surface area contributed by atoms with E-state index in [0.717, 1.165) is 0 Å². The van der Waals surface area contributed by atoms with Crippen LogP contribution < -0.4 is 4.74 Å². The minimum Gasteiger partial charge on any atom is -0.464 e. The van der Waals surface area contributed by atoms with Gasteiger partial charge in [-0.3, -0.25) is 4.79 Å². The van der Waals surface area contributed by atoms with Gasteiger partial charge in [-0.25, -0.2) is 4.98 Å². The Morgan fingerprint density at radius 3 is 3.15 bits per heavy atom. The number of ether oxygens (including phenoxy) is 1. The van der Waals surface area contributed by atoms with Crippen LogP contribution >= 0.6 is 0 Å². The van der Waals surface area contributed by atoms with Crippen LogP contribution in [-0.2, 0) is 0 Å². The molecule has 1 heterocycles. The summed E-state index contributed by atoms with van der Waals surface area (Å²) in [5.41, 5.74) is 0.571. The quantitative estimate of drug-likeness (QED) is 0.513. The summed E-state index contributed by atoms with van der Waals surface area (Å²) in [7, 11) is 0. The summed E-state index contributed by atoms with van der Waals surface area (Å²) in [6.45, 7) is 1.65. The van der Waals surface area contributed by atoms with Crippen LogP contribution in [0, 0.1) is 12.3 Å². The largest absolute Gasteiger partial charge is 0.464 e. The molecule has 0 saturated carbocycles. The van der Waals surface area contributed by atoms with Crippen LogP contribution in [0.4, 0.5) is 0 Å². The first-order valence-corrected chi connectivity index (χ1v) is 3.77. The molecule has 0 radical (unpaired) electrons. The van der Waals surface area contributed by atoms with Gasteiger partial charge >= 0.3 is 0 Å².